The standard InChI is InChI=1S/C33H40F4O/c1-2-22-16-19-29(33(37)31(22)35)26-12-10-23(11-13-26)24-14-17-27(18-15-24)38-20-21-6-8-25(9-7-21)28-4-3-5-30(34)32(28)36/h3-5,12,16,19,21,23-25,27H,2,6-11,13-15,17-18,20H2,1H3. The van der Waals surface area contributed by atoms with E-state index in [9.17, 15) is 17.6 Å². The highest BCUT2D eigenvalue weighted by Crippen LogP contribution is 2.42. The maximum Gasteiger partial charge on any atom is 0.166 e. The first-order valence-electron chi connectivity index (χ1n) is 14.7. The van der Waals surface area contributed by atoms with Crippen molar-refractivity contribution in [1.29, 1.82) is 0 Å². The van der Waals surface area contributed by atoms with Gasteiger partial charge in [-0.05, 0) is 123 Å². The van der Waals surface area contributed by atoms with Gasteiger partial charge >= 0.3 is 0 Å². The zero-order chi connectivity index (χ0) is 26.6. The van der Waals surface area contributed by atoms with Crippen molar-refractivity contribution in [2.45, 2.75) is 96.0 Å². The molecule has 206 valence electrons. The first-order chi connectivity index (χ1) is 18.4. The van der Waals surface area contributed by atoms with Gasteiger partial charge in [-0.2, -0.15) is 0 Å². The minimum absolute atomic E-state index is 0.105. The molecule has 0 heterocycles. The summed E-state index contributed by atoms with van der Waals surface area (Å²) in [6, 6.07) is 7.98. The van der Waals surface area contributed by atoms with Gasteiger partial charge in [-0.25, -0.2) is 17.6 Å². The van der Waals surface area contributed by atoms with Crippen molar-refractivity contribution in [1.82, 2.24) is 0 Å². The summed E-state index contributed by atoms with van der Waals surface area (Å²) in [6.45, 7) is 2.61. The van der Waals surface area contributed by atoms with Crippen LogP contribution in [0, 0.1) is 41.0 Å². The average molecular weight is 529 g/mol. The second-order valence-corrected chi connectivity index (χ2v) is 11.7. The number of aryl methyl sites for hydroxylation is 1. The fourth-order valence-electron chi connectivity index (χ4n) is 7.11. The zero-order valence-corrected chi connectivity index (χ0v) is 22.5. The van der Waals surface area contributed by atoms with E-state index < -0.39 is 23.3 Å². The van der Waals surface area contributed by atoms with Crippen LogP contribution >= 0.6 is 0 Å². The Labute approximate surface area is 224 Å². The van der Waals surface area contributed by atoms with Gasteiger partial charge in [0.05, 0.1) is 6.10 Å². The minimum atomic E-state index is -0.751. The predicted molar refractivity (Wildman–Crippen MR) is 144 cm³/mol. The van der Waals surface area contributed by atoms with E-state index in [0.29, 0.717) is 47.0 Å². The van der Waals surface area contributed by atoms with Gasteiger partial charge in [0.1, 0.15) is 0 Å². The molecule has 3 aliphatic rings. The van der Waals surface area contributed by atoms with Crippen molar-refractivity contribution in [3.8, 4) is 0 Å². The third-order valence-corrected chi connectivity index (χ3v) is 9.56. The van der Waals surface area contributed by atoms with Crippen molar-refractivity contribution in [3.63, 3.8) is 0 Å². The Kier molecular flexibility index (Phi) is 8.92. The van der Waals surface area contributed by atoms with Crippen LogP contribution in [0.5, 0.6) is 0 Å². The minimum Gasteiger partial charge on any atom is -0.378 e. The van der Waals surface area contributed by atoms with Gasteiger partial charge < -0.3 is 4.74 Å². The molecule has 0 amide bonds. The van der Waals surface area contributed by atoms with Gasteiger partial charge in [0.2, 0.25) is 0 Å². The van der Waals surface area contributed by atoms with Crippen molar-refractivity contribution in [3.05, 3.63) is 76.4 Å². The summed E-state index contributed by atoms with van der Waals surface area (Å²) in [5, 5.41) is 0. The molecule has 2 fully saturated rings. The van der Waals surface area contributed by atoms with Gasteiger partial charge in [0, 0.05) is 12.2 Å². The molecule has 1 atom stereocenters. The van der Waals surface area contributed by atoms with E-state index in [1.165, 1.54) is 6.07 Å². The molecule has 5 heteroatoms. The largest absolute Gasteiger partial charge is 0.378 e. The molecule has 0 radical (unpaired) electrons. The molecule has 0 N–H and O–H groups in total. The van der Waals surface area contributed by atoms with Crippen LogP contribution in [0.15, 0.2) is 36.4 Å². The number of rotatable bonds is 7. The summed E-state index contributed by atoms with van der Waals surface area (Å²) >= 11 is 0. The van der Waals surface area contributed by atoms with Crippen LogP contribution in [0.25, 0.3) is 5.57 Å². The Morgan fingerprint density at radius 1 is 0.763 bits per heavy atom. The number of hydrogen-bond acceptors (Lipinski definition) is 1. The lowest BCUT2D eigenvalue weighted by Gasteiger charge is -2.36. The molecule has 1 nitrogen and oxygen atoms in total. The lowest BCUT2D eigenvalue weighted by atomic mass is 9.72. The molecule has 2 saturated carbocycles. The van der Waals surface area contributed by atoms with E-state index in [1.807, 2.05) is 6.92 Å². The summed E-state index contributed by atoms with van der Waals surface area (Å²) < 4.78 is 63.0. The smallest absolute Gasteiger partial charge is 0.166 e. The summed E-state index contributed by atoms with van der Waals surface area (Å²) in [5.74, 6) is -0.928. The van der Waals surface area contributed by atoms with E-state index >= 15 is 0 Å². The highest BCUT2D eigenvalue weighted by molar-refractivity contribution is 5.67. The van der Waals surface area contributed by atoms with Crippen LogP contribution in [0.3, 0.4) is 0 Å². The van der Waals surface area contributed by atoms with E-state index in [4.69, 9.17) is 4.74 Å². The molecule has 0 aliphatic heterocycles. The highest BCUT2D eigenvalue weighted by atomic mass is 19.2. The molecule has 38 heavy (non-hydrogen) atoms. The highest BCUT2D eigenvalue weighted by Gasteiger charge is 2.31. The van der Waals surface area contributed by atoms with Gasteiger partial charge in [0.25, 0.3) is 0 Å². The van der Waals surface area contributed by atoms with Crippen molar-refractivity contribution < 1.29 is 22.3 Å². The van der Waals surface area contributed by atoms with Gasteiger partial charge in [-0.3, -0.25) is 0 Å². The lowest BCUT2D eigenvalue weighted by Crippen LogP contribution is -2.29. The van der Waals surface area contributed by atoms with Crippen molar-refractivity contribution in [2.75, 3.05) is 6.61 Å². The fourth-order valence-corrected chi connectivity index (χ4v) is 7.11. The zero-order valence-electron chi connectivity index (χ0n) is 22.5. The lowest BCUT2D eigenvalue weighted by molar-refractivity contribution is -0.0132. The molecule has 2 aromatic rings. The molecule has 3 aliphatic carbocycles. The van der Waals surface area contributed by atoms with E-state index in [0.717, 1.165) is 82.8 Å². The number of hydrogen-bond donors (Lipinski definition) is 0. The number of allylic oxidation sites excluding steroid dienone is 2. The fraction of sp³-hybridized carbons (Fsp3) is 0.576. The second kappa shape index (κ2) is 12.4. The molecular formula is C33H40F4O. The molecule has 0 aromatic heterocycles. The van der Waals surface area contributed by atoms with Crippen molar-refractivity contribution >= 4 is 5.57 Å². The van der Waals surface area contributed by atoms with Gasteiger partial charge in [0.15, 0.2) is 23.3 Å². The van der Waals surface area contributed by atoms with E-state index in [2.05, 4.69) is 6.08 Å². The molecule has 0 bridgehead atoms. The third kappa shape index (κ3) is 6.03. The average Bonchev–Trinajstić information content (AvgIpc) is 2.96. The quantitative estimate of drug-likeness (QED) is 0.325. The molecule has 1 unspecified atom stereocenters. The van der Waals surface area contributed by atoms with Crippen LogP contribution < -0.4 is 0 Å². The summed E-state index contributed by atoms with van der Waals surface area (Å²) in [4.78, 5) is 0. The SMILES string of the molecule is CCc1ccc(C2=CCC(C3CCC(OCC4CCC(c5cccc(F)c5F)CC4)CC3)CC2)c(F)c1F. The number of benzene rings is 2. The maximum absolute atomic E-state index is 14.6. The Morgan fingerprint density at radius 2 is 1.53 bits per heavy atom. The monoisotopic (exact) mass is 528 g/mol. The third-order valence-electron chi connectivity index (χ3n) is 9.56. The van der Waals surface area contributed by atoms with Gasteiger partial charge in [-0.15, -0.1) is 0 Å². The topological polar surface area (TPSA) is 9.23 Å². The Morgan fingerprint density at radius 3 is 2.21 bits per heavy atom. The molecule has 0 spiro atoms. The second-order valence-electron chi connectivity index (χ2n) is 11.7. The first-order valence-corrected chi connectivity index (χ1v) is 14.7. The van der Waals surface area contributed by atoms with Crippen LogP contribution in [-0.2, 0) is 11.2 Å². The molecule has 5 rings (SSSR count). The van der Waals surface area contributed by atoms with Crippen LogP contribution in [0.4, 0.5) is 17.6 Å². The van der Waals surface area contributed by atoms with Gasteiger partial charge in [-0.1, -0.05) is 37.3 Å². The molecule has 2 aromatic carbocycles. The normalized spacial score (nSPS) is 28.2. The predicted octanol–water partition coefficient (Wildman–Crippen LogP) is 9.54. The van der Waals surface area contributed by atoms with Crippen LogP contribution in [0.2, 0.25) is 0 Å². The van der Waals surface area contributed by atoms with Crippen LogP contribution in [-0.4, -0.2) is 12.7 Å². The first kappa shape index (κ1) is 27.4. The summed E-state index contributed by atoms with van der Waals surface area (Å²) in [6.07, 6.45) is 14.0. The van der Waals surface area contributed by atoms with E-state index in [1.54, 1.807) is 24.3 Å². The summed E-state index contributed by atoms with van der Waals surface area (Å²) in [7, 11) is 0. The Bertz CT molecular complexity index is 1130. The van der Waals surface area contributed by atoms with E-state index in [-0.39, 0.29) is 5.92 Å². The maximum atomic E-state index is 14.6. The number of ether oxygens (including phenoxy) is 1. The van der Waals surface area contributed by atoms with Crippen molar-refractivity contribution in [2.24, 2.45) is 17.8 Å². The summed E-state index contributed by atoms with van der Waals surface area (Å²) in [5.41, 5.74) is 2.35. The molecule has 0 saturated heterocycles. The Balaban J connectivity index is 1.04. The van der Waals surface area contributed by atoms with Crippen LogP contribution in [0.1, 0.15) is 100 Å². The number of halogens is 4. The Hall–Kier alpha value is -2.14. The molecular weight excluding hydrogens is 488 g/mol.